The standard InChI is InChI=1S/C22H25BrN2O3S/c23-18-3-1-2-17(14-18)22(8-11-28-12-9-22)24-20(26)4-5-21(27)25-10-6-19-16(15-25)7-13-29-19/h1-3,7,13-14H,4-6,8-12,15H2,(H,24,26). The molecule has 1 N–H and O–H groups in total. The number of nitrogens with zero attached hydrogens (tertiary/aromatic N) is 1. The summed E-state index contributed by atoms with van der Waals surface area (Å²) in [6.07, 6.45) is 2.84. The predicted molar refractivity (Wildman–Crippen MR) is 117 cm³/mol. The molecule has 2 aliphatic heterocycles. The molecule has 0 spiro atoms. The second-order valence-electron chi connectivity index (χ2n) is 7.69. The number of rotatable bonds is 5. The van der Waals surface area contributed by atoms with Crippen molar-refractivity contribution in [2.75, 3.05) is 19.8 Å². The van der Waals surface area contributed by atoms with E-state index < -0.39 is 5.54 Å². The van der Waals surface area contributed by atoms with E-state index >= 15 is 0 Å². The third-order valence-corrected chi connectivity index (χ3v) is 7.34. The van der Waals surface area contributed by atoms with Crippen LogP contribution in [-0.4, -0.2) is 36.5 Å². The molecule has 1 fully saturated rings. The van der Waals surface area contributed by atoms with Gasteiger partial charge in [0.05, 0.1) is 5.54 Å². The van der Waals surface area contributed by atoms with Crippen molar-refractivity contribution >= 4 is 39.1 Å². The van der Waals surface area contributed by atoms with Gasteiger partial charge in [-0.3, -0.25) is 9.59 Å². The van der Waals surface area contributed by atoms with Crippen LogP contribution in [0.3, 0.4) is 0 Å². The van der Waals surface area contributed by atoms with Gasteiger partial charge in [-0.25, -0.2) is 0 Å². The zero-order valence-electron chi connectivity index (χ0n) is 16.3. The van der Waals surface area contributed by atoms with Gasteiger partial charge in [0.15, 0.2) is 0 Å². The first-order chi connectivity index (χ1) is 14.1. The second-order valence-corrected chi connectivity index (χ2v) is 9.60. The molecule has 2 amide bonds. The topological polar surface area (TPSA) is 58.6 Å². The van der Waals surface area contributed by atoms with Crippen molar-refractivity contribution in [1.82, 2.24) is 10.2 Å². The van der Waals surface area contributed by atoms with Gasteiger partial charge in [0.25, 0.3) is 0 Å². The number of benzene rings is 1. The van der Waals surface area contributed by atoms with Gasteiger partial charge in [0.2, 0.25) is 11.8 Å². The van der Waals surface area contributed by atoms with E-state index in [1.165, 1.54) is 10.4 Å². The fourth-order valence-electron chi connectivity index (χ4n) is 4.16. The molecule has 3 heterocycles. The first kappa shape index (κ1) is 20.6. The highest BCUT2D eigenvalue weighted by Gasteiger charge is 2.36. The van der Waals surface area contributed by atoms with Crippen LogP contribution in [-0.2, 0) is 32.8 Å². The fourth-order valence-corrected chi connectivity index (χ4v) is 5.45. The van der Waals surface area contributed by atoms with Gasteiger partial charge in [-0.15, -0.1) is 11.3 Å². The smallest absolute Gasteiger partial charge is 0.223 e. The highest BCUT2D eigenvalue weighted by Crippen LogP contribution is 2.33. The van der Waals surface area contributed by atoms with Crippen molar-refractivity contribution in [2.24, 2.45) is 0 Å². The number of nitrogens with one attached hydrogen (secondary N) is 1. The van der Waals surface area contributed by atoms with Crippen LogP contribution < -0.4 is 5.32 Å². The Morgan fingerprint density at radius 2 is 2.03 bits per heavy atom. The number of hydrogen-bond acceptors (Lipinski definition) is 4. The first-order valence-electron chi connectivity index (χ1n) is 10.0. The highest BCUT2D eigenvalue weighted by atomic mass is 79.9. The third-order valence-electron chi connectivity index (χ3n) is 5.83. The molecule has 0 bridgehead atoms. The van der Waals surface area contributed by atoms with Crippen LogP contribution in [0.15, 0.2) is 40.2 Å². The maximum atomic E-state index is 12.8. The van der Waals surface area contributed by atoms with Crippen molar-refractivity contribution in [2.45, 2.75) is 44.2 Å². The summed E-state index contributed by atoms with van der Waals surface area (Å²) in [5.41, 5.74) is 1.89. The van der Waals surface area contributed by atoms with E-state index in [-0.39, 0.29) is 24.7 Å². The van der Waals surface area contributed by atoms with Crippen molar-refractivity contribution in [3.05, 3.63) is 56.2 Å². The van der Waals surface area contributed by atoms with Gasteiger partial charge in [0, 0.05) is 48.5 Å². The molecule has 1 aromatic heterocycles. The average Bonchev–Trinajstić information content (AvgIpc) is 3.20. The molecular formula is C22H25BrN2O3S. The summed E-state index contributed by atoms with van der Waals surface area (Å²) in [7, 11) is 0. The molecule has 0 radical (unpaired) electrons. The van der Waals surface area contributed by atoms with E-state index in [2.05, 4.69) is 38.8 Å². The first-order valence-corrected chi connectivity index (χ1v) is 11.7. The molecule has 7 heteroatoms. The average molecular weight is 477 g/mol. The second kappa shape index (κ2) is 8.98. The molecule has 0 unspecified atom stereocenters. The Hall–Kier alpha value is -1.70. The van der Waals surface area contributed by atoms with E-state index in [0.717, 1.165) is 35.8 Å². The van der Waals surface area contributed by atoms with Gasteiger partial charge >= 0.3 is 0 Å². The van der Waals surface area contributed by atoms with Crippen LogP contribution in [0.5, 0.6) is 0 Å². The van der Waals surface area contributed by atoms with E-state index in [1.807, 2.05) is 23.1 Å². The van der Waals surface area contributed by atoms with E-state index in [1.54, 1.807) is 11.3 Å². The Morgan fingerprint density at radius 3 is 2.83 bits per heavy atom. The van der Waals surface area contributed by atoms with Crippen LogP contribution in [0.2, 0.25) is 0 Å². The lowest BCUT2D eigenvalue weighted by molar-refractivity contribution is -0.135. The summed E-state index contributed by atoms with van der Waals surface area (Å²) < 4.78 is 6.52. The molecule has 2 aromatic rings. The van der Waals surface area contributed by atoms with Crippen LogP contribution in [0.1, 0.15) is 41.7 Å². The number of carbonyl (C=O) groups excluding carboxylic acids is 2. The molecule has 2 aliphatic rings. The quantitative estimate of drug-likeness (QED) is 0.709. The van der Waals surface area contributed by atoms with Crippen LogP contribution in [0, 0.1) is 0 Å². The maximum Gasteiger partial charge on any atom is 0.223 e. The molecule has 29 heavy (non-hydrogen) atoms. The van der Waals surface area contributed by atoms with E-state index in [0.29, 0.717) is 19.8 Å². The van der Waals surface area contributed by atoms with Crippen molar-refractivity contribution < 1.29 is 14.3 Å². The van der Waals surface area contributed by atoms with Crippen molar-refractivity contribution in [3.63, 3.8) is 0 Å². The lowest BCUT2D eigenvalue weighted by Crippen LogP contribution is -2.49. The summed E-state index contributed by atoms with van der Waals surface area (Å²) in [5.74, 6) is -0.0195. The summed E-state index contributed by atoms with van der Waals surface area (Å²) >= 11 is 5.29. The minimum absolute atomic E-state index is 0.0560. The molecule has 1 saturated heterocycles. The van der Waals surface area contributed by atoms with Crippen LogP contribution >= 0.6 is 27.3 Å². The summed E-state index contributed by atoms with van der Waals surface area (Å²) in [6.45, 7) is 2.64. The molecule has 5 nitrogen and oxygen atoms in total. The lowest BCUT2D eigenvalue weighted by Gasteiger charge is -2.38. The lowest BCUT2D eigenvalue weighted by atomic mass is 9.82. The minimum atomic E-state index is -0.432. The molecule has 4 rings (SSSR count). The highest BCUT2D eigenvalue weighted by molar-refractivity contribution is 9.10. The van der Waals surface area contributed by atoms with Gasteiger partial charge in [0.1, 0.15) is 0 Å². The number of thiophene rings is 1. The summed E-state index contributed by atoms with van der Waals surface area (Å²) in [4.78, 5) is 28.7. The van der Waals surface area contributed by atoms with Gasteiger partial charge in [-0.1, -0.05) is 28.1 Å². The normalized spacial score (nSPS) is 18.2. The third kappa shape index (κ3) is 4.73. The van der Waals surface area contributed by atoms with Gasteiger partial charge in [-0.05, 0) is 54.0 Å². The Balaban J connectivity index is 1.37. The Bertz CT molecular complexity index is 892. The molecule has 1 aromatic carbocycles. The number of halogens is 1. The van der Waals surface area contributed by atoms with Crippen LogP contribution in [0.25, 0.3) is 0 Å². The number of amides is 2. The van der Waals surface area contributed by atoms with E-state index in [9.17, 15) is 9.59 Å². The number of hydrogen-bond donors (Lipinski definition) is 1. The maximum absolute atomic E-state index is 12.8. The molecular weight excluding hydrogens is 452 g/mol. The fraction of sp³-hybridized carbons (Fsp3) is 0.455. The molecule has 0 atom stereocenters. The number of ether oxygens (including phenoxy) is 1. The molecule has 0 saturated carbocycles. The number of carbonyl (C=O) groups is 2. The van der Waals surface area contributed by atoms with Gasteiger partial charge in [-0.2, -0.15) is 0 Å². The zero-order chi connectivity index (χ0) is 20.3. The van der Waals surface area contributed by atoms with Crippen molar-refractivity contribution in [3.8, 4) is 0 Å². The molecule has 0 aliphatic carbocycles. The summed E-state index contributed by atoms with van der Waals surface area (Å²) in [5, 5.41) is 5.32. The zero-order valence-corrected chi connectivity index (χ0v) is 18.7. The summed E-state index contributed by atoms with van der Waals surface area (Å²) in [6, 6.07) is 10.2. The Kier molecular flexibility index (Phi) is 6.37. The largest absolute Gasteiger partial charge is 0.381 e. The van der Waals surface area contributed by atoms with Crippen LogP contribution in [0.4, 0.5) is 0 Å². The Labute approximate surface area is 183 Å². The minimum Gasteiger partial charge on any atom is -0.381 e. The molecule has 154 valence electrons. The predicted octanol–water partition coefficient (Wildman–Crippen LogP) is 4.00. The van der Waals surface area contributed by atoms with E-state index in [4.69, 9.17) is 4.74 Å². The number of fused-ring (bicyclic) bond motifs is 1. The van der Waals surface area contributed by atoms with Crippen molar-refractivity contribution in [1.29, 1.82) is 0 Å². The van der Waals surface area contributed by atoms with Gasteiger partial charge < -0.3 is 15.0 Å². The Morgan fingerprint density at radius 1 is 1.21 bits per heavy atom. The monoisotopic (exact) mass is 476 g/mol. The SMILES string of the molecule is O=C(CCC(=O)N1CCc2sccc2C1)NC1(c2cccc(Br)c2)CCOCC1.